The van der Waals surface area contributed by atoms with Crippen molar-refractivity contribution in [1.82, 2.24) is 15.1 Å². The van der Waals surface area contributed by atoms with Gasteiger partial charge < -0.3 is 16.8 Å². The predicted molar refractivity (Wildman–Crippen MR) is 72.4 cm³/mol. The Labute approximate surface area is 112 Å². The zero-order valence-corrected chi connectivity index (χ0v) is 11.8. The van der Waals surface area contributed by atoms with Crippen LogP contribution in [0.2, 0.25) is 0 Å². The number of carbonyl (C=O) groups is 2. The second-order valence-electron chi connectivity index (χ2n) is 5.14. The highest BCUT2D eigenvalue weighted by atomic mass is 16.2. The Balaban J connectivity index is 2.98. The molecule has 1 rings (SSSR count). The molecule has 5 N–H and O–H groups in total. The molecule has 0 aliphatic carbocycles. The number of amides is 2. The summed E-state index contributed by atoms with van der Waals surface area (Å²) in [6.45, 7) is 7.61. The lowest BCUT2D eigenvalue weighted by molar-refractivity contribution is -0.119. The normalized spacial score (nSPS) is 11.4. The third-order valence-electron chi connectivity index (χ3n) is 2.76. The molecule has 2 amide bonds. The standard InChI is InChI=1S/C12H21N5O2/c1-5-17-10(9(14)7(2)16-17)11(19)15-12(3,4)6-8(13)18/h5-6,14H2,1-4H3,(H2,13,18)(H,15,19). The molecule has 0 fully saturated rings. The van der Waals surface area contributed by atoms with Crippen molar-refractivity contribution in [3.05, 3.63) is 11.4 Å². The lowest BCUT2D eigenvalue weighted by atomic mass is 10.00. The van der Waals surface area contributed by atoms with Crippen molar-refractivity contribution in [2.24, 2.45) is 5.73 Å². The Morgan fingerprint density at radius 3 is 2.47 bits per heavy atom. The molecule has 0 saturated heterocycles. The second kappa shape index (κ2) is 5.29. The first kappa shape index (κ1) is 15.0. The van der Waals surface area contributed by atoms with Crippen LogP contribution in [0.4, 0.5) is 5.69 Å². The molecule has 7 nitrogen and oxygen atoms in total. The smallest absolute Gasteiger partial charge is 0.272 e. The van der Waals surface area contributed by atoms with Crippen LogP contribution in [-0.2, 0) is 11.3 Å². The molecule has 0 radical (unpaired) electrons. The van der Waals surface area contributed by atoms with Crippen molar-refractivity contribution >= 4 is 17.5 Å². The summed E-state index contributed by atoms with van der Waals surface area (Å²) in [5.74, 6) is -0.829. The first-order valence-electron chi connectivity index (χ1n) is 6.11. The van der Waals surface area contributed by atoms with Gasteiger partial charge in [-0.3, -0.25) is 14.3 Å². The molecule has 1 aromatic rings. The number of aryl methyl sites for hydroxylation is 2. The summed E-state index contributed by atoms with van der Waals surface area (Å²) in [4.78, 5) is 23.2. The lowest BCUT2D eigenvalue weighted by Gasteiger charge is -2.24. The predicted octanol–water partition coefficient (Wildman–Crippen LogP) is 0.177. The molecule has 0 saturated carbocycles. The number of anilines is 1. The Kier molecular flexibility index (Phi) is 4.18. The summed E-state index contributed by atoms with van der Waals surface area (Å²) in [7, 11) is 0. The van der Waals surface area contributed by atoms with Gasteiger partial charge >= 0.3 is 0 Å². The summed E-state index contributed by atoms with van der Waals surface area (Å²) >= 11 is 0. The minimum Gasteiger partial charge on any atom is -0.395 e. The van der Waals surface area contributed by atoms with E-state index in [2.05, 4.69) is 10.4 Å². The van der Waals surface area contributed by atoms with Crippen LogP contribution in [0.25, 0.3) is 0 Å². The van der Waals surface area contributed by atoms with Crippen molar-refractivity contribution < 1.29 is 9.59 Å². The Morgan fingerprint density at radius 2 is 2.00 bits per heavy atom. The zero-order chi connectivity index (χ0) is 14.8. The van der Waals surface area contributed by atoms with Crippen LogP contribution in [0, 0.1) is 6.92 Å². The fourth-order valence-corrected chi connectivity index (χ4v) is 1.91. The van der Waals surface area contributed by atoms with E-state index in [1.807, 2.05) is 6.92 Å². The van der Waals surface area contributed by atoms with Gasteiger partial charge in [0.1, 0.15) is 5.69 Å². The highest BCUT2D eigenvalue weighted by molar-refractivity contribution is 5.98. The van der Waals surface area contributed by atoms with Crippen molar-refractivity contribution in [3.8, 4) is 0 Å². The number of carbonyl (C=O) groups excluding carboxylic acids is 2. The molecular weight excluding hydrogens is 246 g/mol. The van der Waals surface area contributed by atoms with Crippen molar-refractivity contribution in [1.29, 1.82) is 0 Å². The molecule has 0 aliphatic rings. The van der Waals surface area contributed by atoms with Crippen LogP contribution in [0.5, 0.6) is 0 Å². The average molecular weight is 267 g/mol. The first-order valence-corrected chi connectivity index (χ1v) is 6.11. The number of primary amides is 1. The summed E-state index contributed by atoms with van der Waals surface area (Å²) in [5.41, 5.74) is 11.6. The SMILES string of the molecule is CCn1nc(C)c(N)c1C(=O)NC(C)(C)CC(N)=O. The van der Waals surface area contributed by atoms with E-state index in [1.165, 1.54) is 0 Å². The van der Waals surface area contributed by atoms with Gasteiger partial charge in [-0.15, -0.1) is 0 Å². The molecule has 0 atom stereocenters. The van der Waals surface area contributed by atoms with Gasteiger partial charge in [-0.1, -0.05) is 0 Å². The van der Waals surface area contributed by atoms with Crippen molar-refractivity contribution in [3.63, 3.8) is 0 Å². The molecule has 106 valence electrons. The maximum Gasteiger partial charge on any atom is 0.272 e. The summed E-state index contributed by atoms with van der Waals surface area (Å²) < 4.78 is 1.54. The van der Waals surface area contributed by atoms with Gasteiger partial charge in [0.2, 0.25) is 5.91 Å². The van der Waals surface area contributed by atoms with Crippen molar-refractivity contribution in [2.45, 2.75) is 46.2 Å². The second-order valence-corrected chi connectivity index (χ2v) is 5.14. The van der Waals surface area contributed by atoms with Crippen LogP contribution in [-0.4, -0.2) is 27.1 Å². The van der Waals surface area contributed by atoms with E-state index in [1.54, 1.807) is 25.5 Å². The number of hydrogen-bond acceptors (Lipinski definition) is 4. The van der Waals surface area contributed by atoms with Gasteiger partial charge in [-0.2, -0.15) is 5.10 Å². The minimum absolute atomic E-state index is 0.0535. The maximum atomic E-state index is 12.3. The van der Waals surface area contributed by atoms with E-state index in [0.717, 1.165) is 0 Å². The van der Waals surface area contributed by atoms with Crippen LogP contribution in [0.15, 0.2) is 0 Å². The number of nitrogens with zero attached hydrogens (tertiary/aromatic N) is 2. The Hall–Kier alpha value is -2.05. The average Bonchev–Trinajstić information content (AvgIpc) is 2.52. The number of nitrogens with two attached hydrogens (primary N) is 2. The van der Waals surface area contributed by atoms with E-state index in [-0.39, 0.29) is 12.3 Å². The molecule has 0 spiro atoms. The fourth-order valence-electron chi connectivity index (χ4n) is 1.91. The van der Waals surface area contributed by atoms with Crippen LogP contribution < -0.4 is 16.8 Å². The zero-order valence-electron chi connectivity index (χ0n) is 11.8. The molecule has 1 heterocycles. The van der Waals surface area contributed by atoms with Gasteiger partial charge in [0, 0.05) is 18.5 Å². The molecule has 7 heteroatoms. The quantitative estimate of drug-likeness (QED) is 0.705. The van der Waals surface area contributed by atoms with Gasteiger partial charge in [0.15, 0.2) is 0 Å². The van der Waals surface area contributed by atoms with Crippen LogP contribution >= 0.6 is 0 Å². The first-order chi connectivity index (χ1) is 8.68. The minimum atomic E-state index is -0.730. The van der Waals surface area contributed by atoms with E-state index >= 15 is 0 Å². The van der Waals surface area contributed by atoms with Crippen molar-refractivity contribution in [2.75, 3.05) is 5.73 Å². The fraction of sp³-hybridized carbons (Fsp3) is 0.583. The van der Waals surface area contributed by atoms with Gasteiger partial charge in [0.25, 0.3) is 5.91 Å². The molecular formula is C12H21N5O2. The number of nitrogen functional groups attached to an aromatic ring is 1. The lowest BCUT2D eigenvalue weighted by Crippen LogP contribution is -2.46. The summed E-state index contributed by atoms with van der Waals surface area (Å²) in [6.07, 6.45) is 0.0535. The Morgan fingerprint density at radius 1 is 1.42 bits per heavy atom. The Bertz CT molecular complexity index is 504. The van der Waals surface area contributed by atoms with E-state index in [9.17, 15) is 9.59 Å². The molecule has 0 unspecified atom stereocenters. The van der Waals surface area contributed by atoms with Gasteiger partial charge in [0.05, 0.1) is 11.4 Å². The molecule has 19 heavy (non-hydrogen) atoms. The van der Waals surface area contributed by atoms with E-state index in [4.69, 9.17) is 11.5 Å². The molecule has 0 bridgehead atoms. The number of aromatic nitrogens is 2. The maximum absolute atomic E-state index is 12.3. The van der Waals surface area contributed by atoms with Gasteiger partial charge in [-0.25, -0.2) is 0 Å². The molecule has 0 aliphatic heterocycles. The largest absolute Gasteiger partial charge is 0.395 e. The summed E-state index contributed by atoms with van der Waals surface area (Å²) in [5, 5.41) is 6.93. The highest BCUT2D eigenvalue weighted by Crippen LogP contribution is 2.18. The number of rotatable bonds is 5. The third kappa shape index (κ3) is 3.46. The number of hydrogen-bond donors (Lipinski definition) is 3. The summed E-state index contributed by atoms with van der Waals surface area (Å²) in [6, 6.07) is 0. The van der Waals surface area contributed by atoms with E-state index in [0.29, 0.717) is 23.6 Å². The van der Waals surface area contributed by atoms with Crippen LogP contribution in [0.1, 0.15) is 43.4 Å². The topological polar surface area (TPSA) is 116 Å². The monoisotopic (exact) mass is 267 g/mol. The third-order valence-corrected chi connectivity index (χ3v) is 2.76. The molecule has 1 aromatic heterocycles. The van der Waals surface area contributed by atoms with E-state index < -0.39 is 11.4 Å². The molecule has 0 aromatic carbocycles. The number of nitrogens with one attached hydrogen (secondary N) is 1. The highest BCUT2D eigenvalue weighted by Gasteiger charge is 2.27. The van der Waals surface area contributed by atoms with Crippen LogP contribution in [0.3, 0.4) is 0 Å². The van der Waals surface area contributed by atoms with Gasteiger partial charge in [-0.05, 0) is 27.7 Å².